The van der Waals surface area contributed by atoms with Crippen molar-refractivity contribution in [2.45, 2.75) is 12.6 Å². The fourth-order valence-electron chi connectivity index (χ4n) is 3.02. The van der Waals surface area contributed by atoms with Crippen LogP contribution >= 0.6 is 11.3 Å². The van der Waals surface area contributed by atoms with Gasteiger partial charge in [0.05, 0.1) is 19.3 Å². The molecule has 1 aromatic heterocycles. The Balaban J connectivity index is 1.63. The third-order valence-corrected chi connectivity index (χ3v) is 5.20. The average Bonchev–Trinajstić information content (AvgIpc) is 3.20. The predicted molar refractivity (Wildman–Crippen MR) is 104 cm³/mol. The van der Waals surface area contributed by atoms with Crippen molar-refractivity contribution in [2.24, 2.45) is 4.99 Å². The molecule has 26 heavy (non-hydrogen) atoms. The lowest BCUT2D eigenvalue weighted by molar-refractivity contribution is 0.0170. The summed E-state index contributed by atoms with van der Waals surface area (Å²) < 4.78 is 18.8. The lowest BCUT2D eigenvalue weighted by Crippen LogP contribution is -2.46. The van der Waals surface area contributed by atoms with Gasteiger partial charge in [0.2, 0.25) is 0 Å². The summed E-state index contributed by atoms with van der Waals surface area (Å²) in [5.74, 6) is 0.548. The normalized spacial score (nSPS) is 17.1. The van der Waals surface area contributed by atoms with Crippen molar-refractivity contribution in [1.82, 2.24) is 15.5 Å². The quantitative estimate of drug-likeness (QED) is 0.601. The van der Waals surface area contributed by atoms with Crippen LogP contribution in [0.1, 0.15) is 17.2 Å². The molecular formula is C19H25FN4OS. The minimum Gasteiger partial charge on any atom is -0.379 e. The zero-order chi connectivity index (χ0) is 18.2. The number of halogens is 1. The Labute approximate surface area is 157 Å². The first-order valence-electron chi connectivity index (χ1n) is 8.79. The van der Waals surface area contributed by atoms with Gasteiger partial charge in [-0.1, -0.05) is 12.1 Å². The van der Waals surface area contributed by atoms with Gasteiger partial charge >= 0.3 is 0 Å². The number of ether oxygens (including phenoxy) is 1. The molecule has 2 heterocycles. The monoisotopic (exact) mass is 376 g/mol. The third kappa shape index (κ3) is 5.27. The second kappa shape index (κ2) is 9.66. The van der Waals surface area contributed by atoms with Crippen LogP contribution < -0.4 is 10.6 Å². The van der Waals surface area contributed by atoms with Crippen molar-refractivity contribution in [3.63, 3.8) is 0 Å². The predicted octanol–water partition coefficient (Wildman–Crippen LogP) is 2.63. The number of guanidine groups is 1. The Bertz CT molecular complexity index is 684. The molecule has 0 amide bonds. The van der Waals surface area contributed by atoms with Gasteiger partial charge in [-0.05, 0) is 40.1 Å². The molecule has 5 nitrogen and oxygen atoms in total. The molecule has 7 heteroatoms. The highest BCUT2D eigenvalue weighted by Crippen LogP contribution is 2.21. The molecule has 0 bridgehead atoms. The van der Waals surface area contributed by atoms with Crippen LogP contribution in [0.25, 0.3) is 0 Å². The average molecular weight is 377 g/mol. The Hall–Kier alpha value is -1.96. The van der Waals surface area contributed by atoms with Gasteiger partial charge in [0.25, 0.3) is 0 Å². The second-order valence-corrected chi connectivity index (χ2v) is 6.93. The maximum absolute atomic E-state index is 13.3. The van der Waals surface area contributed by atoms with E-state index in [1.54, 1.807) is 18.4 Å². The molecule has 1 fully saturated rings. The van der Waals surface area contributed by atoms with Crippen molar-refractivity contribution in [3.05, 3.63) is 58.0 Å². The fraction of sp³-hybridized carbons (Fsp3) is 0.421. The number of nitrogens with one attached hydrogen (secondary N) is 2. The van der Waals surface area contributed by atoms with Crippen LogP contribution in [0, 0.1) is 5.82 Å². The highest BCUT2D eigenvalue weighted by Gasteiger charge is 2.23. The maximum Gasteiger partial charge on any atom is 0.191 e. The first kappa shape index (κ1) is 18.8. The van der Waals surface area contributed by atoms with Crippen LogP contribution in [0.3, 0.4) is 0 Å². The van der Waals surface area contributed by atoms with Gasteiger partial charge in [0.15, 0.2) is 5.96 Å². The number of hydrogen-bond donors (Lipinski definition) is 2. The molecule has 1 aromatic carbocycles. The molecule has 0 radical (unpaired) electrons. The molecule has 0 saturated carbocycles. The lowest BCUT2D eigenvalue weighted by Gasteiger charge is -2.35. The Morgan fingerprint density at radius 3 is 2.65 bits per heavy atom. The van der Waals surface area contributed by atoms with E-state index in [0.717, 1.165) is 44.4 Å². The van der Waals surface area contributed by atoms with Crippen molar-refractivity contribution in [2.75, 3.05) is 39.9 Å². The highest BCUT2D eigenvalue weighted by molar-refractivity contribution is 7.07. The summed E-state index contributed by atoms with van der Waals surface area (Å²) in [5.41, 5.74) is 2.33. The Morgan fingerprint density at radius 2 is 2.00 bits per heavy atom. The Morgan fingerprint density at radius 1 is 1.23 bits per heavy atom. The molecule has 140 valence electrons. The minimum absolute atomic E-state index is 0.138. The van der Waals surface area contributed by atoms with Gasteiger partial charge in [-0.15, -0.1) is 0 Å². The van der Waals surface area contributed by atoms with E-state index in [0.29, 0.717) is 6.54 Å². The molecule has 2 N–H and O–H groups in total. The number of nitrogens with zero attached hydrogens (tertiary/aromatic N) is 2. The fourth-order valence-corrected chi connectivity index (χ4v) is 3.69. The lowest BCUT2D eigenvalue weighted by atomic mass is 10.0. The zero-order valence-electron chi connectivity index (χ0n) is 15.0. The molecule has 1 saturated heterocycles. The number of morpholine rings is 1. The van der Waals surface area contributed by atoms with E-state index in [-0.39, 0.29) is 11.9 Å². The van der Waals surface area contributed by atoms with Gasteiger partial charge in [0, 0.05) is 33.2 Å². The molecule has 3 rings (SSSR count). The minimum atomic E-state index is -0.212. The van der Waals surface area contributed by atoms with Crippen LogP contribution in [0.2, 0.25) is 0 Å². The first-order chi connectivity index (χ1) is 12.8. The van der Waals surface area contributed by atoms with Crippen molar-refractivity contribution >= 4 is 17.3 Å². The smallest absolute Gasteiger partial charge is 0.191 e. The van der Waals surface area contributed by atoms with Crippen LogP contribution in [0.15, 0.2) is 46.1 Å². The van der Waals surface area contributed by atoms with Crippen molar-refractivity contribution in [3.8, 4) is 0 Å². The third-order valence-electron chi connectivity index (χ3n) is 4.47. The van der Waals surface area contributed by atoms with E-state index in [1.165, 1.54) is 17.7 Å². The molecule has 1 aliphatic heterocycles. The van der Waals surface area contributed by atoms with Crippen molar-refractivity contribution in [1.29, 1.82) is 0 Å². The largest absolute Gasteiger partial charge is 0.379 e. The van der Waals surface area contributed by atoms with Gasteiger partial charge in [-0.25, -0.2) is 4.39 Å². The maximum atomic E-state index is 13.3. The number of thiophene rings is 1. The molecular weight excluding hydrogens is 351 g/mol. The number of benzene rings is 1. The summed E-state index contributed by atoms with van der Waals surface area (Å²) in [4.78, 5) is 6.68. The number of aliphatic imine (C=N–C) groups is 1. The van der Waals surface area contributed by atoms with E-state index >= 15 is 0 Å². The summed E-state index contributed by atoms with van der Waals surface area (Å²) in [6.45, 7) is 4.61. The molecule has 2 aromatic rings. The van der Waals surface area contributed by atoms with Crippen LogP contribution in [-0.2, 0) is 11.3 Å². The molecule has 0 spiro atoms. The van der Waals surface area contributed by atoms with Gasteiger partial charge in [-0.3, -0.25) is 9.89 Å². The number of hydrogen-bond acceptors (Lipinski definition) is 4. The van der Waals surface area contributed by atoms with Crippen LogP contribution in [0.4, 0.5) is 4.39 Å². The standard InChI is InChI=1S/C19H25FN4OS/c1-21-19(22-12-15-6-11-26-14-15)23-13-18(24-7-9-25-10-8-24)16-2-4-17(20)5-3-16/h2-6,11,14,18H,7-10,12-13H2,1H3,(H2,21,22,23). The Kier molecular flexibility index (Phi) is 6.99. The van der Waals surface area contributed by atoms with E-state index < -0.39 is 0 Å². The van der Waals surface area contributed by atoms with Crippen LogP contribution in [-0.4, -0.2) is 50.8 Å². The van der Waals surface area contributed by atoms with Gasteiger partial charge in [0.1, 0.15) is 5.82 Å². The first-order valence-corrected chi connectivity index (χ1v) is 9.73. The van der Waals surface area contributed by atoms with Gasteiger partial charge in [-0.2, -0.15) is 11.3 Å². The van der Waals surface area contributed by atoms with Gasteiger partial charge < -0.3 is 15.4 Å². The molecule has 0 aliphatic carbocycles. The zero-order valence-corrected chi connectivity index (χ0v) is 15.8. The molecule has 1 aliphatic rings. The highest BCUT2D eigenvalue weighted by atomic mass is 32.1. The second-order valence-electron chi connectivity index (χ2n) is 6.15. The summed E-state index contributed by atoms with van der Waals surface area (Å²) in [6.07, 6.45) is 0. The topological polar surface area (TPSA) is 48.9 Å². The van der Waals surface area contributed by atoms with E-state index in [1.807, 2.05) is 12.1 Å². The van der Waals surface area contributed by atoms with E-state index in [2.05, 4.69) is 37.4 Å². The molecule has 1 atom stereocenters. The summed E-state index contributed by atoms with van der Waals surface area (Å²) in [7, 11) is 1.77. The summed E-state index contributed by atoms with van der Waals surface area (Å²) in [5, 5.41) is 10.9. The number of rotatable bonds is 6. The SMILES string of the molecule is CN=C(NCc1ccsc1)NCC(c1ccc(F)cc1)N1CCOCC1. The van der Waals surface area contributed by atoms with E-state index in [9.17, 15) is 4.39 Å². The van der Waals surface area contributed by atoms with Crippen LogP contribution in [0.5, 0.6) is 0 Å². The van der Waals surface area contributed by atoms with Crippen molar-refractivity contribution < 1.29 is 9.13 Å². The summed E-state index contributed by atoms with van der Waals surface area (Å²) in [6, 6.07) is 9.00. The summed E-state index contributed by atoms with van der Waals surface area (Å²) >= 11 is 1.68. The molecule has 1 unspecified atom stereocenters. The van der Waals surface area contributed by atoms with E-state index in [4.69, 9.17) is 4.74 Å².